The van der Waals surface area contributed by atoms with E-state index in [4.69, 9.17) is 66.3 Å². The van der Waals surface area contributed by atoms with Gasteiger partial charge in [0.1, 0.15) is 159 Å². The lowest BCUT2D eigenvalue weighted by atomic mass is 9.94. The Morgan fingerprint density at radius 3 is 0.782 bits per heavy atom. The van der Waals surface area contributed by atoms with Gasteiger partial charge < -0.3 is 174 Å². The molecule has 0 aromatic carbocycles. The van der Waals surface area contributed by atoms with E-state index in [2.05, 4.69) is 0 Å². The van der Waals surface area contributed by atoms with Gasteiger partial charge in [-0.1, -0.05) is 0 Å². The number of esters is 1. The fraction of sp³-hybridized carbons (Fsp3) is 0.976. The molecule has 0 aliphatic carbocycles. The molecular formula is C42H68O36. The Hall–Kier alpha value is -1.89. The molecule has 0 saturated carbocycles. The SMILES string of the molecule is O=C(O[C@@H]1[C@@H](O)[C@H]2O[C@H]3[C@H](O)[C@@H](O)[C@@H](O[C@H]4[C@H](O)[C@@H](O)[C@@H](O[C@H]5[C@H](O)[C@@H](O)[C@@H](O[C@H]6[C@H](O)[C@@H](O)[C@@H](O[C@H]7[C@H](O)[C@@H](O)[C@@H](O[C@H]1[C@@H](CO)O2)O[C@@H]7CO)O[C@@H]6CO)O[C@@H]5CO)O[C@@H]4CO)O[C@@H]3CO)C1OC(O)C(O)C(O)C1O. The van der Waals surface area contributed by atoms with Gasteiger partial charge in [0.15, 0.2) is 56.2 Å². The largest absolute Gasteiger partial charge is 0.454 e. The maximum Gasteiger partial charge on any atom is 0.338 e. The summed E-state index contributed by atoms with van der Waals surface area (Å²) in [7, 11) is 0. The van der Waals surface area contributed by atoms with Crippen LogP contribution < -0.4 is 0 Å². The highest BCUT2D eigenvalue weighted by Gasteiger charge is 2.60. The van der Waals surface area contributed by atoms with Crippen LogP contribution in [0.3, 0.4) is 0 Å². The summed E-state index contributed by atoms with van der Waals surface area (Å²) in [6.07, 6.45) is -74.4. The molecule has 21 N–H and O–H groups in total. The van der Waals surface area contributed by atoms with Crippen LogP contribution in [-0.2, 0) is 71.1 Å². The summed E-state index contributed by atoms with van der Waals surface area (Å²) in [5.41, 5.74) is 0. The standard InChI is InChI=1S/C42H68O36/c43-1-7-27-15(51)21(57)37(65-7)74-28-8(2-44)67-39(23(59)17(28)53)76-30-10(4-46)69-41(25(61)19(30)55)78-32-12(6-48)70-42(26(62)33(32)71-36(64)34-14(50)13(49)20(56)35(63)72-34)77-31-11(5-47)68-40(24(60)18(31)54)75-29-9(3-45)66-38(73-27)22(58)16(29)52/h7-35,37-63H,1-6H2/t7-,8-,9-,10-,11-,12-,13?,14?,15-,16-,17-,18-,19-,20?,21-,22-,23-,24-,25-,26-,27-,28-,29-,30-,31-,32+,33-,34?,35?,37-,38-,39-,40-,41-,42-/m1/s1. The Labute approximate surface area is 438 Å². The van der Waals surface area contributed by atoms with Crippen molar-refractivity contribution in [2.45, 2.75) is 215 Å². The van der Waals surface area contributed by atoms with E-state index in [9.17, 15) is 112 Å². The molecule has 78 heavy (non-hydrogen) atoms. The molecule has 0 amide bonds. The highest BCUT2D eigenvalue weighted by molar-refractivity contribution is 5.76. The normalized spacial score (nSPS) is 54.6. The van der Waals surface area contributed by atoms with Crippen molar-refractivity contribution in [3.05, 3.63) is 0 Å². The van der Waals surface area contributed by atoms with E-state index in [1.54, 1.807) is 0 Å². The summed E-state index contributed by atoms with van der Waals surface area (Å²) in [5.74, 6) is -1.74. The Balaban J connectivity index is 1.13. The van der Waals surface area contributed by atoms with Gasteiger partial charge >= 0.3 is 5.97 Å². The Bertz CT molecular complexity index is 1900. The van der Waals surface area contributed by atoms with Crippen LogP contribution >= 0.6 is 0 Å². The summed E-state index contributed by atoms with van der Waals surface area (Å²) in [5, 5.41) is 229. The van der Waals surface area contributed by atoms with Gasteiger partial charge in [0, 0.05) is 0 Å². The van der Waals surface area contributed by atoms with E-state index in [1.807, 2.05) is 0 Å². The van der Waals surface area contributed by atoms with Crippen molar-refractivity contribution < 1.29 is 178 Å². The van der Waals surface area contributed by atoms with E-state index in [0.717, 1.165) is 0 Å². The second-order valence-electron chi connectivity index (χ2n) is 19.7. The first-order valence-corrected chi connectivity index (χ1v) is 24.6. The number of ether oxygens (including phenoxy) is 14. The van der Waals surface area contributed by atoms with Gasteiger partial charge in [0.05, 0.1) is 39.6 Å². The zero-order chi connectivity index (χ0) is 56.9. The van der Waals surface area contributed by atoms with E-state index in [1.165, 1.54) is 0 Å². The lowest BCUT2D eigenvalue weighted by Crippen LogP contribution is -2.69. The molecule has 0 aromatic heterocycles. The molecule has 36 heteroatoms. The van der Waals surface area contributed by atoms with Crippen LogP contribution in [-0.4, -0.2) is 368 Å². The van der Waals surface area contributed by atoms with Gasteiger partial charge in [-0.2, -0.15) is 0 Å². The number of carbonyl (C=O) groups excluding carboxylic acids is 1. The van der Waals surface area contributed by atoms with Crippen LogP contribution in [0.2, 0.25) is 0 Å². The zero-order valence-corrected chi connectivity index (χ0v) is 40.5. The number of aliphatic hydroxyl groups excluding tert-OH is 21. The lowest BCUT2D eigenvalue weighted by Gasteiger charge is -2.51. The third-order valence-electron chi connectivity index (χ3n) is 14.7. The molecule has 36 nitrogen and oxygen atoms in total. The van der Waals surface area contributed by atoms with E-state index in [-0.39, 0.29) is 0 Å². The second-order valence-corrected chi connectivity index (χ2v) is 19.7. The Morgan fingerprint density at radius 2 is 0.513 bits per heavy atom. The zero-order valence-electron chi connectivity index (χ0n) is 40.5. The molecule has 0 spiro atoms. The number of hydrogen-bond acceptors (Lipinski definition) is 36. The maximum absolute atomic E-state index is 13.8. The molecule has 5 unspecified atom stereocenters. The fourth-order valence-electron chi connectivity index (χ4n) is 10.3. The molecule has 12 bridgehead atoms. The van der Waals surface area contributed by atoms with Crippen LogP contribution in [0.25, 0.3) is 0 Å². The summed E-state index contributed by atoms with van der Waals surface area (Å²) in [4.78, 5) is 13.8. The highest BCUT2D eigenvalue weighted by Crippen LogP contribution is 2.39. The third-order valence-corrected chi connectivity index (χ3v) is 14.7. The smallest absolute Gasteiger partial charge is 0.338 e. The van der Waals surface area contributed by atoms with E-state index >= 15 is 0 Å². The summed E-state index contributed by atoms with van der Waals surface area (Å²) in [6, 6.07) is 0. The molecule has 23 aliphatic heterocycles. The van der Waals surface area contributed by atoms with Gasteiger partial charge in [-0.25, -0.2) is 4.79 Å². The number of hydrogen-bond donors (Lipinski definition) is 21. The average Bonchev–Trinajstić information content (AvgIpc) is 3.47. The molecule has 23 rings (SSSR count). The lowest BCUT2D eigenvalue weighted by molar-refractivity contribution is -0.404. The van der Waals surface area contributed by atoms with Crippen LogP contribution in [0.4, 0.5) is 0 Å². The molecule has 23 fully saturated rings. The van der Waals surface area contributed by atoms with Crippen molar-refractivity contribution in [2.75, 3.05) is 39.6 Å². The quantitative estimate of drug-likeness (QED) is 0.100. The maximum atomic E-state index is 13.8. The van der Waals surface area contributed by atoms with Crippen molar-refractivity contribution in [2.24, 2.45) is 0 Å². The number of rotatable bonds is 8. The number of carbonyl (C=O) groups is 1. The van der Waals surface area contributed by atoms with Gasteiger partial charge in [-0.3, -0.25) is 0 Å². The minimum atomic E-state index is -2.48. The Kier molecular flexibility index (Phi) is 20.7. The van der Waals surface area contributed by atoms with Gasteiger partial charge in [0.25, 0.3) is 0 Å². The second kappa shape index (κ2) is 25.9. The average molecular weight is 1150 g/mol. The third kappa shape index (κ3) is 11.9. The van der Waals surface area contributed by atoms with Crippen LogP contribution in [0, 0.1) is 0 Å². The monoisotopic (exact) mass is 1150 g/mol. The van der Waals surface area contributed by atoms with Gasteiger partial charge in [0.2, 0.25) is 0 Å². The molecule has 23 heterocycles. The first-order valence-electron chi connectivity index (χ1n) is 24.6. The predicted molar refractivity (Wildman–Crippen MR) is 229 cm³/mol. The van der Waals surface area contributed by atoms with Crippen molar-refractivity contribution in [3.8, 4) is 0 Å². The van der Waals surface area contributed by atoms with E-state index in [0.29, 0.717) is 0 Å². The highest BCUT2D eigenvalue weighted by atomic mass is 16.8. The first kappa shape index (κ1) is 62.2. The summed E-state index contributed by atoms with van der Waals surface area (Å²) in [6.45, 7) is -6.67. The molecule has 35 atom stereocenters. The van der Waals surface area contributed by atoms with Gasteiger partial charge in [-0.15, -0.1) is 0 Å². The van der Waals surface area contributed by atoms with Crippen molar-refractivity contribution in [1.82, 2.24) is 0 Å². The topological polar surface area (TPSA) is 571 Å². The number of aliphatic hydroxyl groups is 21. The molecule has 0 aromatic rings. The van der Waals surface area contributed by atoms with Crippen molar-refractivity contribution >= 4 is 5.97 Å². The minimum absolute atomic E-state index is 1.04. The van der Waals surface area contributed by atoms with Crippen molar-refractivity contribution in [1.29, 1.82) is 0 Å². The molecule has 23 aliphatic rings. The Morgan fingerprint density at radius 1 is 0.269 bits per heavy atom. The summed E-state index contributed by atoms with van der Waals surface area (Å²) < 4.78 is 79.0. The molecular weight excluding hydrogens is 1080 g/mol. The van der Waals surface area contributed by atoms with Crippen LogP contribution in [0.5, 0.6) is 0 Å². The predicted octanol–water partition coefficient (Wildman–Crippen LogP) is -15.7. The van der Waals surface area contributed by atoms with Crippen LogP contribution in [0.15, 0.2) is 0 Å². The van der Waals surface area contributed by atoms with E-state index < -0.39 is 261 Å². The van der Waals surface area contributed by atoms with Crippen molar-refractivity contribution in [3.63, 3.8) is 0 Å². The van der Waals surface area contributed by atoms with Crippen LogP contribution in [0.1, 0.15) is 0 Å². The van der Waals surface area contributed by atoms with Gasteiger partial charge in [-0.05, 0) is 0 Å². The summed E-state index contributed by atoms with van der Waals surface area (Å²) >= 11 is 0. The fourth-order valence-corrected chi connectivity index (χ4v) is 10.3. The molecule has 452 valence electrons. The minimum Gasteiger partial charge on any atom is -0.454 e. The molecule has 0 radical (unpaired) electrons. The first-order chi connectivity index (χ1) is 37.0. The molecule has 23 saturated heterocycles.